The summed E-state index contributed by atoms with van der Waals surface area (Å²) in [6, 6.07) is 5.03. The third-order valence-corrected chi connectivity index (χ3v) is 2.39. The topological polar surface area (TPSA) is 62.3 Å². The van der Waals surface area contributed by atoms with E-state index in [1.165, 1.54) is 0 Å². The molecule has 0 bridgehead atoms. The Balaban J connectivity index is 2.51. The Hall–Kier alpha value is -1.97. The highest BCUT2D eigenvalue weighted by Crippen LogP contribution is 2.28. The molecule has 2 rings (SSSR count). The zero-order chi connectivity index (χ0) is 10.8. The van der Waals surface area contributed by atoms with Crippen molar-refractivity contribution in [2.75, 3.05) is 0 Å². The van der Waals surface area contributed by atoms with Crippen LogP contribution in [0.25, 0.3) is 10.9 Å². The molecular weight excluding hydrogens is 194 g/mol. The summed E-state index contributed by atoms with van der Waals surface area (Å²) < 4.78 is 4.85. The number of hydrogen-bond acceptors (Lipinski definition) is 3. The summed E-state index contributed by atoms with van der Waals surface area (Å²) in [7, 11) is 0. The molecule has 0 saturated heterocycles. The van der Waals surface area contributed by atoms with E-state index in [9.17, 15) is 9.90 Å². The Morgan fingerprint density at radius 3 is 3.07 bits per heavy atom. The van der Waals surface area contributed by atoms with Gasteiger partial charge in [0.1, 0.15) is 11.9 Å². The molecule has 0 amide bonds. The van der Waals surface area contributed by atoms with Gasteiger partial charge >= 0.3 is 0 Å². The molecule has 0 fully saturated rings. The maximum Gasteiger partial charge on any atom is 0.293 e. The Labute approximate surface area is 86.5 Å². The summed E-state index contributed by atoms with van der Waals surface area (Å²) in [5.74, 6) is 0.196. The molecule has 0 aliphatic rings. The Kier molecular flexibility index (Phi) is 2.33. The minimum Gasteiger partial charge on any atom is -0.508 e. The first-order chi connectivity index (χ1) is 7.22. The number of carbonyl (C=O) groups is 1. The van der Waals surface area contributed by atoms with Crippen LogP contribution in [0.15, 0.2) is 24.4 Å². The highest BCUT2D eigenvalue weighted by atomic mass is 16.5. The molecule has 2 N–H and O–H groups in total. The third kappa shape index (κ3) is 1.66. The quantitative estimate of drug-likeness (QED) is 0.754. The predicted octanol–water partition coefficient (Wildman–Crippen LogP) is 2.11. The fourth-order valence-corrected chi connectivity index (χ4v) is 1.62. The molecule has 1 heterocycles. The van der Waals surface area contributed by atoms with E-state index in [1.54, 1.807) is 31.3 Å². The van der Waals surface area contributed by atoms with Crippen molar-refractivity contribution in [1.82, 2.24) is 4.98 Å². The first-order valence-corrected chi connectivity index (χ1v) is 4.61. The minimum atomic E-state index is -0.321. The first kappa shape index (κ1) is 9.58. The highest BCUT2D eigenvalue weighted by Gasteiger charge is 2.11. The number of ether oxygens (including phenoxy) is 1. The Morgan fingerprint density at radius 1 is 1.53 bits per heavy atom. The molecule has 0 aliphatic heterocycles. The van der Waals surface area contributed by atoms with Gasteiger partial charge in [-0.3, -0.25) is 4.79 Å². The van der Waals surface area contributed by atoms with Crippen molar-refractivity contribution in [2.24, 2.45) is 0 Å². The highest BCUT2D eigenvalue weighted by molar-refractivity contribution is 5.84. The summed E-state index contributed by atoms with van der Waals surface area (Å²) in [6.45, 7) is 2.20. The van der Waals surface area contributed by atoms with E-state index in [2.05, 4.69) is 4.98 Å². The third-order valence-electron chi connectivity index (χ3n) is 2.39. The summed E-state index contributed by atoms with van der Waals surface area (Å²) in [6.07, 6.45) is 1.45. The van der Waals surface area contributed by atoms with Crippen LogP contribution in [0.1, 0.15) is 18.6 Å². The fourth-order valence-electron chi connectivity index (χ4n) is 1.62. The lowest BCUT2D eigenvalue weighted by molar-refractivity contribution is -0.133. The lowest BCUT2D eigenvalue weighted by atomic mass is 10.1. The Bertz CT molecular complexity index is 490. The van der Waals surface area contributed by atoms with E-state index in [-0.39, 0.29) is 11.9 Å². The SMILES string of the molecule is CC(OC=O)c1c[nH]c2ccc(O)cc12. The van der Waals surface area contributed by atoms with Crippen molar-refractivity contribution in [3.63, 3.8) is 0 Å². The average molecular weight is 205 g/mol. The van der Waals surface area contributed by atoms with Gasteiger partial charge in [0.25, 0.3) is 6.47 Å². The molecule has 2 aromatic rings. The van der Waals surface area contributed by atoms with Crippen LogP contribution in [-0.4, -0.2) is 16.6 Å². The van der Waals surface area contributed by atoms with Crippen LogP contribution in [0.2, 0.25) is 0 Å². The molecule has 1 aromatic carbocycles. The van der Waals surface area contributed by atoms with E-state index in [1.807, 2.05) is 0 Å². The molecule has 4 heteroatoms. The largest absolute Gasteiger partial charge is 0.508 e. The van der Waals surface area contributed by atoms with Gasteiger partial charge in [-0.2, -0.15) is 0 Å². The Morgan fingerprint density at radius 2 is 2.33 bits per heavy atom. The second-order valence-electron chi connectivity index (χ2n) is 3.35. The molecule has 1 unspecified atom stereocenters. The second kappa shape index (κ2) is 3.65. The number of aromatic hydroxyl groups is 1. The van der Waals surface area contributed by atoms with Crippen LogP contribution in [0.4, 0.5) is 0 Å². The first-order valence-electron chi connectivity index (χ1n) is 4.61. The number of rotatable bonds is 3. The van der Waals surface area contributed by atoms with Gasteiger partial charge in [-0.05, 0) is 25.1 Å². The van der Waals surface area contributed by atoms with Crippen molar-refractivity contribution in [2.45, 2.75) is 13.0 Å². The lowest BCUT2D eigenvalue weighted by Crippen LogP contribution is -1.96. The van der Waals surface area contributed by atoms with E-state index < -0.39 is 0 Å². The number of phenolic OH excluding ortho intramolecular Hbond substituents is 1. The van der Waals surface area contributed by atoms with Crippen LogP contribution in [0.3, 0.4) is 0 Å². The van der Waals surface area contributed by atoms with E-state index in [4.69, 9.17) is 4.74 Å². The molecular formula is C11H11NO3. The van der Waals surface area contributed by atoms with Crippen LogP contribution in [0.5, 0.6) is 5.75 Å². The van der Waals surface area contributed by atoms with Crippen molar-refractivity contribution >= 4 is 17.4 Å². The molecule has 0 radical (unpaired) electrons. The normalized spacial score (nSPS) is 12.6. The average Bonchev–Trinajstić information content (AvgIpc) is 2.60. The fraction of sp³-hybridized carbons (Fsp3) is 0.182. The lowest BCUT2D eigenvalue weighted by Gasteiger charge is -2.07. The zero-order valence-corrected chi connectivity index (χ0v) is 8.23. The van der Waals surface area contributed by atoms with Gasteiger partial charge in [-0.15, -0.1) is 0 Å². The van der Waals surface area contributed by atoms with Gasteiger partial charge in [-0.25, -0.2) is 0 Å². The molecule has 78 valence electrons. The van der Waals surface area contributed by atoms with Gasteiger partial charge in [0.2, 0.25) is 0 Å². The summed E-state index contributed by atoms with van der Waals surface area (Å²) in [4.78, 5) is 13.3. The van der Waals surface area contributed by atoms with Gasteiger partial charge < -0.3 is 14.8 Å². The number of hydrogen-bond donors (Lipinski definition) is 2. The summed E-state index contributed by atoms with van der Waals surface area (Å²) in [5.41, 5.74) is 1.76. The van der Waals surface area contributed by atoms with Gasteiger partial charge in [-0.1, -0.05) is 0 Å². The van der Waals surface area contributed by atoms with Crippen LogP contribution >= 0.6 is 0 Å². The van der Waals surface area contributed by atoms with Gasteiger partial charge in [0, 0.05) is 22.7 Å². The molecule has 0 aliphatic carbocycles. The monoisotopic (exact) mass is 205 g/mol. The number of benzene rings is 1. The molecule has 0 spiro atoms. The molecule has 1 atom stereocenters. The molecule has 15 heavy (non-hydrogen) atoms. The molecule has 0 saturated carbocycles. The summed E-state index contributed by atoms with van der Waals surface area (Å²) in [5, 5.41) is 10.2. The van der Waals surface area contributed by atoms with E-state index in [0.717, 1.165) is 16.5 Å². The van der Waals surface area contributed by atoms with Crippen LogP contribution in [-0.2, 0) is 9.53 Å². The predicted molar refractivity (Wildman–Crippen MR) is 55.5 cm³/mol. The number of phenols is 1. The zero-order valence-electron chi connectivity index (χ0n) is 8.23. The molecule has 4 nitrogen and oxygen atoms in total. The number of nitrogens with one attached hydrogen (secondary N) is 1. The van der Waals surface area contributed by atoms with E-state index in [0.29, 0.717) is 6.47 Å². The smallest absolute Gasteiger partial charge is 0.293 e. The van der Waals surface area contributed by atoms with Crippen molar-refractivity contribution < 1.29 is 14.6 Å². The van der Waals surface area contributed by atoms with Gasteiger partial charge in [0.15, 0.2) is 0 Å². The maximum atomic E-state index is 10.2. The second-order valence-corrected chi connectivity index (χ2v) is 3.35. The van der Waals surface area contributed by atoms with Crippen LogP contribution in [0, 0.1) is 0 Å². The number of H-pyrrole nitrogens is 1. The minimum absolute atomic E-state index is 0.196. The number of aromatic nitrogens is 1. The van der Waals surface area contributed by atoms with Crippen molar-refractivity contribution in [1.29, 1.82) is 0 Å². The van der Waals surface area contributed by atoms with Gasteiger partial charge in [0.05, 0.1) is 0 Å². The number of carbonyl (C=O) groups excluding carboxylic acids is 1. The van der Waals surface area contributed by atoms with Crippen molar-refractivity contribution in [3.05, 3.63) is 30.0 Å². The number of fused-ring (bicyclic) bond motifs is 1. The van der Waals surface area contributed by atoms with Crippen molar-refractivity contribution in [3.8, 4) is 5.75 Å². The van der Waals surface area contributed by atoms with Crippen LogP contribution < -0.4 is 0 Å². The standard InChI is InChI=1S/C11H11NO3/c1-7(15-6-13)10-5-12-11-3-2-8(14)4-9(10)11/h2-7,12,14H,1H3. The summed E-state index contributed by atoms with van der Waals surface area (Å²) >= 11 is 0. The van der Waals surface area contributed by atoms with E-state index >= 15 is 0 Å². The molecule has 1 aromatic heterocycles. The maximum absolute atomic E-state index is 10.2. The number of aromatic amines is 1.